The summed E-state index contributed by atoms with van der Waals surface area (Å²) in [4.78, 5) is 13.9. The molecule has 0 aliphatic heterocycles. The monoisotopic (exact) mass is 264 g/mol. The van der Waals surface area contributed by atoms with Crippen molar-refractivity contribution in [3.63, 3.8) is 0 Å². The summed E-state index contributed by atoms with van der Waals surface area (Å²) < 4.78 is 0. The van der Waals surface area contributed by atoms with Crippen LogP contribution in [-0.4, -0.2) is 28.6 Å². The lowest BCUT2D eigenvalue weighted by atomic mass is 9.98. The van der Waals surface area contributed by atoms with E-state index < -0.39 is 12.2 Å². The zero-order valence-corrected chi connectivity index (χ0v) is 10.5. The zero-order valence-electron chi connectivity index (χ0n) is 10.5. The topological polar surface area (TPSA) is 132 Å². The van der Waals surface area contributed by atoms with Gasteiger partial charge in [-0.1, -0.05) is 11.2 Å². The summed E-state index contributed by atoms with van der Waals surface area (Å²) in [7, 11) is 0. The highest BCUT2D eigenvalue weighted by Crippen LogP contribution is 2.23. The molecule has 7 heteroatoms. The van der Waals surface area contributed by atoms with Gasteiger partial charge in [-0.15, -0.1) is 0 Å². The predicted molar refractivity (Wildman–Crippen MR) is 70.5 cm³/mol. The summed E-state index contributed by atoms with van der Waals surface area (Å²) in [6.45, 7) is 1.46. The molecule has 2 unspecified atom stereocenters. The second-order valence-corrected chi connectivity index (χ2v) is 4.16. The fourth-order valence-electron chi connectivity index (χ4n) is 1.68. The molecule has 0 aliphatic carbocycles. The zero-order chi connectivity index (χ0) is 14.4. The van der Waals surface area contributed by atoms with Crippen LogP contribution in [0.25, 0.3) is 10.4 Å². The van der Waals surface area contributed by atoms with Gasteiger partial charge in [0.1, 0.15) is 6.10 Å². The van der Waals surface area contributed by atoms with Crippen molar-refractivity contribution < 1.29 is 15.0 Å². The standard InChI is InChI=1S/C12H16N4O3/c1-7(17)9-6-8(2-3-10(9)13)12(19)11(18)4-5-15-16-14/h2-3,6,11-12,18-19H,4-5,13H2,1H3. The van der Waals surface area contributed by atoms with Crippen molar-refractivity contribution in [3.8, 4) is 0 Å². The summed E-state index contributed by atoms with van der Waals surface area (Å²) >= 11 is 0. The highest BCUT2D eigenvalue weighted by Gasteiger charge is 2.19. The molecule has 0 fully saturated rings. The minimum absolute atomic E-state index is 0.0866. The van der Waals surface area contributed by atoms with Gasteiger partial charge in [-0.3, -0.25) is 4.79 Å². The molecule has 2 atom stereocenters. The molecule has 0 spiro atoms. The lowest BCUT2D eigenvalue weighted by molar-refractivity contribution is 0.0150. The Kier molecular flexibility index (Phi) is 5.32. The summed E-state index contributed by atoms with van der Waals surface area (Å²) in [6.07, 6.45) is -2.10. The number of ketones is 1. The average molecular weight is 264 g/mol. The fourth-order valence-corrected chi connectivity index (χ4v) is 1.68. The first-order valence-electron chi connectivity index (χ1n) is 5.74. The first-order chi connectivity index (χ1) is 8.97. The van der Waals surface area contributed by atoms with E-state index in [2.05, 4.69) is 10.0 Å². The Morgan fingerprint density at radius 2 is 2.21 bits per heavy atom. The molecule has 0 amide bonds. The molecule has 0 aliphatic rings. The van der Waals surface area contributed by atoms with Crippen LogP contribution in [0.2, 0.25) is 0 Å². The Labute approximate surface area is 110 Å². The van der Waals surface area contributed by atoms with Gasteiger partial charge in [0.25, 0.3) is 0 Å². The van der Waals surface area contributed by atoms with Gasteiger partial charge in [-0.25, -0.2) is 0 Å². The van der Waals surface area contributed by atoms with Crippen LogP contribution < -0.4 is 5.73 Å². The smallest absolute Gasteiger partial charge is 0.161 e. The van der Waals surface area contributed by atoms with Gasteiger partial charge in [0.15, 0.2) is 5.78 Å². The second kappa shape index (κ2) is 6.75. The maximum absolute atomic E-state index is 11.3. The van der Waals surface area contributed by atoms with E-state index in [1.165, 1.54) is 19.1 Å². The van der Waals surface area contributed by atoms with E-state index >= 15 is 0 Å². The van der Waals surface area contributed by atoms with Crippen molar-refractivity contribution in [2.24, 2.45) is 5.11 Å². The minimum atomic E-state index is -1.16. The van der Waals surface area contributed by atoms with Gasteiger partial charge in [0.05, 0.1) is 6.10 Å². The molecule has 0 saturated carbocycles. The van der Waals surface area contributed by atoms with E-state index in [-0.39, 0.29) is 18.7 Å². The van der Waals surface area contributed by atoms with Crippen LogP contribution in [0.1, 0.15) is 35.4 Å². The third-order valence-corrected chi connectivity index (χ3v) is 2.75. The van der Waals surface area contributed by atoms with Crippen LogP contribution >= 0.6 is 0 Å². The molecule has 102 valence electrons. The molecular weight excluding hydrogens is 248 g/mol. The van der Waals surface area contributed by atoms with E-state index in [1.807, 2.05) is 0 Å². The molecule has 4 N–H and O–H groups in total. The molecule has 0 aromatic heterocycles. The van der Waals surface area contributed by atoms with Gasteiger partial charge in [0.2, 0.25) is 0 Å². The lowest BCUT2D eigenvalue weighted by Crippen LogP contribution is -2.19. The number of carbonyl (C=O) groups is 1. The van der Waals surface area contributed by atoms with Crippen molar-refractivity contribution in [2.75, 3.05) is 12.3 Å². The minimum Gasteiger partial charge on any atom is -0.398 e. The van der Waals surface area contributed by atoms with Crippen molar-refractivity contribution >= 4 is 11.5 Å². The number of hydrogen-bond acceptors (Lipinski definition) is 5. The molecule has 19 heavy (non-hydrogen) atoms. The summed E-state index contributed by atoms with van der Waals surface area (Å²) in [5.41, 5.74) is 14.8. The first kappa shape index (κ1) is 15.0. The van der Waals surface area contributed by atoms with Crippen LogP contribution in [0.5, 0.6) is 0 Å². The maximum atomic E-state index is 11.3. The number of Topliss-reactive ketones (excluding diaryl/α,β-unsaturated/α-hetero) is 1. The highest BCUT2D eigenvalue weighted by molar-refractivity contribution is 5.99. The van der Waals surface area contributed by atoms with Gasteiger partial charge in [-0.05, 0) is 36.6 Å². The van der Waals surface area contributed by atoms with Gasteiger partial charge in [0, 0.05) is 22.7 Å². The Balaban J connectivity index is 2.87. The van der Waals surface area contributed by atoms with E-state index in [4.69, 9.17) is 11.3 Å². The molecule has 1 aromatic rings. The van der Waals surface area contributed by atoms with Crippen LogP contribution in [0.15, 0.2) is 23.3 Å². The maximum Gasteiger partial charge on any atom is 0.161 e. The summed E-state index contributed by atoms with van der Waals surface area (Å²) in [5, 5.41) is 23.0. The van der Waals surface area contributed by atoms with Crippen LogP contribution in [0, 0.1) is 0 Å². The van der Waals surface area contributed by atoms with E-state index in [1.54, 1.807) is 6.07 Å². The number of rotatable bonds is 6. The van der Waals surface area contributed by atoms with Crippen molar-refractivity contribution in [3.05, 3.63) is 39.8 Å². The number of aliphatic hydroxyl groups is 2. The average Bonchev–Trinajstić information content (AvgIpc) is 2.38. The van der Waals surface area contributed by atoms with E-state index in [0.29, 0.717) is 16.8 Å². The Hall–Kier alpha value is -2.08. The number of nitrogens with two attached hydrogens (primary N) is 1. The number of aliphatic hydroxyl groups excluding tert-OH is 2. The second-order valence-electron chi connectivity index (χ2n) is 4.16. The number of nitrogens with zero attached hydrogens (tertiary/aromatic N) is 3. The van der Waals surface area contributed by atoms with Crippen LogP contribution in [0.4, 0.5) is 5.69 Å². The molecular formula is C12H16N4O3. The quantitative estimate of drug-likeness (QED) is 0.236. The van der Waals surface area contributed by atoms with Crippen LogP contribution in [-0.2, 0) is 0 Å². The van der Waals surface area contributed by atoms with Crippen molar-refractivity contribution in [2.45, 2.75) is 25.6 Å². The first-order valence-corrected chi connectivity index (χ1v) is 5.74. The number of anilines is 1. The molecule has 7 nitrogen and oxygen atoms in total. The molecule has 0 bridgehead atoms. The molecule has 0 radical (unpaired) electrons. The third-order valence-electron chi connectivity index (χ3n) is 2.75. The number of nitrogen functional groups attached to an aromatic ring is 1. The van der Waals surface area contributed by atoms with Gasteiger partial charge in [-0.2, -0.15) is 0 Å². The lowest BCUT2D eigenvalue weighted by Gasteiger charge is -2.18. The number of hydrogen-bond donors (Lipinski definition) is 3. The normalized spacial score (nSPS) is 13.4. The predicted octanol–water partition coefficient (Wildman–Crippen LogP) is 1.57. The Morgan fingerprint density at radius 1 is 1.53 bits per heavy atom. The van der Waals surface area contributed by atoms with Crippen LogP contribution in [0.3, 0.4) is 0 Å². The van der Waals surface area contributed by atoms with Gasteiger partial charge >= 0.3 is 0 Å². The van der Waals surface area contributed by atoms with Gasteiger partial charge < -0.3 is 15.9 Å². The summed E-state index contributed by atoms with van der Waals surface area (Å²) in [6, 6.07) is 4.51. The van der Waals surface area contributed by atoms with E-state index in [9.17, 15) is 15.0 Å². The third kappa shape index (κ3) is 3.96. The van der Waals surface area contributed by atoms with Crippen molar-refractivity contribution in [1.29, 1.82) is 0 Å². The largest absolute Gasteiger partial charge is 0.398 e. The molecule has 1 rings (SSSR count). The molecule has 1 aromatic carbocycles. The number of benzene rings is 1. The fraction of sp³-hybridized carbons (Fsp3) is 0.417. The van der Waals surface area contributed by atoms with E-state index in [0.717, 1.165) is 0 Å². The highest BCUT2D eigenvalue weighted by atomic mass is 16.3. The Bertz CT molecular complexity index is 512. The number of carbonyl (C=O) groups excluding carboxylic acids is 1. The SMILES string of the molecule is CC(=O)c1cc(C(O)C(O)CCN=[N+]=[N-])ccc1N. The summed E-state index contributed by atoms with van der Waals surface area (Å²) in [5.74, 6) is -0.213. The van der Waals surface area contributed by atoms with Crippen molar-refractivity contribution in [1.82, 2.24) is 0 Å². The molecule has 0 heterocycles. The molecule has 0 saturated heterocycles. The number of azide groups is 1. The Morgan fingerprint density at radius 3 is 2.79 bits per heavy atom.